The van der Waals surface area contributed by atoms with Crippen molar-refractivity contribution in [3.8, 4) is 0 Å². The minimum atomic E-state index is 1.17. The number of H-pyrrole nitrogens is 1. The highest BCUT2D eigenvalue weighted by Crippen LogP contribution is 2.29. The monoisotopic (exact) mass is 260 g/mol. The number of rotatable bonds is 4. The van der Waals surface area contributed by atoms with Gasteiger partial charge in [-0.25, -0.2) is 0 Å². The lowest BCUT2D eigenvalue weighted by Crippen LogP contribution is -2.22. The van der Waals surface area contributed by atoms with Crippen molar-refractivity contribution in [2.24, 2.45) is 0 Å². The maximum absolute atomic E-state index is 3.53. The Morgan fingerprint density at radius 3 is 2.78 bits per heavy atom. The van der Waals surface area contributed by atoms with Crippen LogP contribution in [0.5, 0.6) is 0 Å². The largest absolute Gasteiger partial charge is 0.350 e. The van der Waals surface area contributed by atoms with E-state index in [1.807, 2.05) is 11.8 Å². The van der Waals surface area contributed by atoms with Gasteiger partial charge in [0.2, 0.25) is 0 Å². The first kappa shape index (κ1) is 12.1. The molecule has 2 nitrogen and oxygen atoms in total. The van der Waals surface area contributed by atoms with Gasteiger partial charge in [0.25, 0.3) is 0 Å². The van der Waals surface area contributed by atoms with Crippen LogP contribution in [0.2, 0.25) is 0 Å². The van der Waals surface area contributed by atoms with Crippen molar-refractivity contribution in [2.45, 2.75) is 24.3 Å². The smallest absolute Gasteiger partial charge is 0.0762 e. The van der Waals surface area contributed by atoms with Gasteiger partial charge in [-0.2, -0.15) is 0 Å². The highest BCUT2D eigenvalue weighted by molar-refractivity contribution is 7.98. The molecule has 0 amide bonds. The Hall–Kier alpha value is -0.930. The van der Waals surface area contributed by atoms with Crippen LogP contribution in [-0.4, -0.2) is 35.8 Å². The molecule has 1 aliphatic heterocycles. The summed E-state index contributed by atoms with van der Waals surface area (Å²) in [6, 6.07) is 8.66. The van der Waals surface area contributed by atoms with Crippen molar-refractivity contribution in [3.63, 3.8) is 0 Å². The van der Waals surface area contributed by atoms with Crippen LogP contribution in [0.25, 0.3) is 10.9 Å². The van der Waals surface area contributed by atoms with Crippen LogP contribution in [0.3, 0.4) is 0 Å². The molecule has 0 unspecified atom stereocenters. The molecule has 0 radical (unpaired) electrons. The Balaban J connectivity index is 1.84. The highest BCUT2D eigenvalue weighted by Gasteiger charge is 2.14. The van der Waals surface area contributed by atoms with E-state index in [2.05, 4.69) is 40.4 Å². The number of hydrogen-bond acceptors (Lipinski definition) is 2. The molecule has 0 saturated carbocycles. The van der Waals surface area contributed by atoms with E-state index in [1.165, 1.54) is 60.4 Å². The number of likely N-dealkylation sites (tertiary alicyclic amines) is 1. The van der Waals surface area contributed by atoms with Crippen molar-refractivity contribution < 1.29 is 0 Å². The molecule has 1 N–H and O–H groups in total. The maximum atomic E-state index is 3.53. The summed E-state index contributed by atoms with van der Waals surface area (Å²) in [5.41, 5.74) is 2.78. The Kier molecular flexibility index (Phi) is 3.62. The van der Waals surface area contributed by atoms with Crippen molar-refractivity contribution in [1.29, 1.82) is 0 Å². The zero-order valence-electron chi connectivity index (χ0n) is 10.9. The van der Waals surface area contributed by atoms with Gasteiger partial charge < -0.3 is 9.88 Å². The molecular formula is C15H20N2S. The minimum Gasteiger partial charge on any atom is -0.350 e. The summed E-state index contributed by atoms with van der Waals surface area (Å²) in [6.07, 6.45) is 6.08. The molecule has 1 aromatic carbocycles. The van der Waals surface area contributed by atoms with E-state index >= 15 is 0 Å². The van der Waals surface area contributed by atoms with Crippen LogP contribution in [-0.2, 0) is 6.42 Å². The third-order valence-corrected chi connectivity index (χ3v) is 4.61. The number of para-hydroxylation sites is 1. The summed E-state index contributed by atoms with van der Waals surface area (Å²) < 4.78 is 0. The van der Waals surface area contributed by atoms with Gasteiger partial charge in [0.1, 0.15) is 0 Å². The fourth-order valence-corrected chi connectivity index (χ4v) is 3.54. The van der Waals surface area contributed by atoms with Gasteiger partial charge in [-0.1, -0.05) is 18.2 Å². The minimum absolute atomic E-state index is 1.17. The van der Waals surface area contributed by atoms with Gasteiger partial charge in [-0.15, -0.1) is 11.8 Å². The number of aromatic nitrogens is 1. The van der Waals surface area contributed by atoms with Gasteiger partial charge >= 0.3 is 0 Å². The van der Waals surface area contributed by atoms with Crippen molar-refractivity contribution >= 4 is 22.7 Å². The predicted molar refractivity (Wildman–Crippen MR) is 79.5 cm³/mol. The molecule has 1 saturated heterocycles. The first-order valence-corrected chi connectivity index (χ1v) is 7.97. The summed E-state index contributed by atoms with van der Waals surface area (Å²) in [6.45, 7) is 3.78. The fourth-order valence-electron chi connectivity index (χ4n) is 2.87. The summed E-state index contributed by atoms with van der Waals surface area (Å²) in [4.78, 5) is 6.12. The standard InChI is InChI=1S/C15H20N2S/c1-18-15-13(8-11-17-9-4-5-10-17)12-6-2-3-7-14(12)16-15/h2-3,6-7,16H,4-5,8-11H2,1H3. The molecule has 96 valence electrons. The first-order valence-electron chi connectivity index (χ1n) is 6.74. The number of thioether (sulfide) groups is 1. The second kappa shape index (κ2) is 5.37. The molecule has 1 fully saturated rings. The van der Waals surface area contributed by atoms with Crippen molar-refractivity contribution in [1.82, 2.24) is 9.88 Å². The number of nitrogens with one attached hydrogen (secondary N) is 1. The third kappa shape index (κ3) is 2.29. The van der Waals surface area contributed by atoms with Gasteiger partial charge in [-0.05, 0) is 50.2 Å². The molecule has 18 heavy (non-hydrogen) atoms. The molecule has 2 aromatic rings. The lowest BCUT2D eigenvalue weighted by molar-refractivity contribution is 0.343. The Bertz CT molecular complexity index is 526. The molecule has 0 atom stereocenters. The van der Waals surface area contributed by atoms with Crippen LogP contribution in [0.15, 0.2) is 29.3 Å². The molecule has 0 spiro atoms. The summed E-state index contributed by atoms with van der Waals surface area (Å²) in [5.74, 6) is 0. The van der Waals surface area contributed by atoms with Crippen molar-refractivity contribution in [2.75, 3.05) is 25.9 Å². The average Bonchev–Trinajstić information content (AvgIpc) is 3.03. The highest BCUT2D eigenvalue weighted by atomic mass is 32.2. The summed E-state index contributed by atoms with van der Waals surface area (Å²) in [5, 5.41) is 2.75. The molecule has 2 heterocycles. The van der Waals surface area contributed by atoms with E-state index in [4.69, 9.17) is 0 Å². The molecule has 0 bridgehead atoms. The number of aromatic amines is 1. The topological polar surface area (TPSA) is 19.0 Å². The van der Waals surface area contributed by atoms with E-state index in [0.717, 1.165) is 0 Å². The second-order valence-electron chi connectivity index (χ2n) is 4.98. The lowest BCUT2D eigenvalue weighted by Gasteiger charge is -2.14. The van der Waals surface area contributed by atoms with E-state index in [1.54, 1.807) is 0 Å². The third-order valence-electron chi connectivity index (χ3n) is 3.86. The number of hydrogen-bond donors (Lipinski definition) is 1. The van der Waals surface area contributed by atoms with Crippen LogP contribution in [0, 0.1) is 0 Å². The van der Waals surface area contributed by atoms with Crippen LogP contribution in [0.4, 0.5) is 0 Å². The van der Waals surface area contributed by atoms with Crippen LogP contribution in [0.1, 0.15) is 18.4 Å². The number of fused-ring (bicyclic) bond motifs is 1. The molecular weight excluding hydrogens is 240 g/mol. The van der Waals surface area contributed by atoms with E-state index in [0.29, 0.717) is 0 Å². The number of benzene rings is 1. The van der Waals surface area contributed by atoms with E-state index in [9.17, 15) is 0 Å². The van der Waals surface area contributed by atoms with Crippen LogP contribution >= 0.6 is 11.8 Å². The summed E-state index contributed by atoms with van der Waals surface area (Å²) in [7, 11) is 0. The molecule has 3 heteroatoms. The Morgan fingerprint density at radius 2 is 2.00 bits per heavy atom. The second-order valence-corrected chi connectivity index (χ2v) is 5.80. The zero-order valence-corrected chi connectivity index (χ0v) is 11.7. The normalized spacial score (nSPS) is 16.7. The Labute approximate surface area is 113 Å². The van der Waals surface area contributed by atoms with Gasteiger partial charge in [0.05, 0.1) is 5.03 Å². The van der Waals surface area contributed by atoms with Gasteiger partial charge in [0, 0.05) is 17.4 Å². The lowest BCUT2D eigenvalue weighted by atomic mass is 10.1. The molecule has 1 aromatic heterocycles. The quantitative estimate of drug-likeness (QED) is 0.848. The van der Waals surface area contributed by atoms with E-state index in [-0.39, 0.29) is 0 Å². The SMILES string of the molecule is CSc1[nH]c2ccccc2c1CCN1CCCC1. The zero-order chi connectivity index (χ0) is 12.4. The average molecular weight is 260 g/mol. The molecule has 3 rings (SSSR count). The van der Waals surface area contributed by atoms with Gasteiger partial charge in [-0.3, -0.25) is 0 Å². The van der Waals surface area contributed by atoms with Gasteiger partial charge in [0.15, 0.2) is 0 Å². The molecule has 1 aliphatic rings. The summed E-state index contributed by atoms with van der Waals surface area (Å²) >= 11 is 1.83. The fraction of sp³-hybridized carbons (Fsp3) is 0.467. The maximum Gasteiger partial charge on any atom is 0.0762 e. The number of nitrogens with zero attached hydrogens (tertiary/aromatic N) is 1. The van der Waals surface area contributed by atoms with E-state index < -0.39 is 0 Å². The molecule has 0 aliphatic carbocycles. The van der Waals surface area contributed by atoms with Crippen LogP contribution < -0.4 is 0 Å². The predicted octanol–water partition coefficient (Wildman–Crippen LogP) is 3.53. The van der Waals surface area contributed by atoms with Crippen molar-refractivity contribution in [3.05, 3.63) is 29.8 Å². The Morgan fingerprint density at radius 1 is 1.22 bits per heavy atom. The first-order chi connectivity index (χ1) is 8.88.